The number of rotatable bonds is 7. The molecule has 0 aromatic heterocycles. The number of non-ortho nitro benzene ring substituents is 1. The molecule has 0 amide bonds. The zero-order chi connectivity index (χ0) is 29.0. The lowest BCUT2D eigenvalue weighted by Gasteiger charge is -2.35. The lowest BCUT2D eigenvalue weighted by Crippen LogP contribution is -2.40. The smallest absolute Gasteiger partial charge is 0.355 e. The van der Waals surface area contributed by atoms with Gasteiger partial charge in [-0.1, -0.05) is 48.0 Å². The van der Waals surface area contributed by atoms with Gasteiger partial charge in [-0.3, -0.25) is 15.0 Å². The fourth-order valence-electron chi connectivity index (χ4n) is 4.39. The molecule has 0 saturated heterocycles. The van der Waals surface area contributed by atoms with Gasteiger partial charge in [-0.25, -0.2) is 9.59 Å². The van der Waals surface area contributed by atoms with Gasteiger partial charge in [0.25, 0.3) is 5.69 Å². The van der Waals surface area contributed by atoms with Crippen molar-refractivity contribution in [3.63, 3.8) is 0 Å². The number of carbonyl (C=O) groups excluding carboxylic acids is 2. The minimum Gasteiger partial charge on any atom is -0.466 e. The van der Waals surface area contributed by atoms with E-state index in [0.29, 0.717) is 11.3 Å². The number of carbonyl (C=O) groups is 2. The van der Waals surface area contributed by atoms with Crippen LogP contribution >= 0.6 is 0 Å². The Balaban J connectivity index is 2.01. The lowest BCUT2D eigenvalue weighted by atomic mass is 9.81. The van der Waals surface area contributed by atoms with Gasteiger partial charge in [-0.05, 0) is 24.6 Å². The van der Waals surface area contributed by atoms with E-state index in [1.165, 1.54) is 12.1 Å². The maximum absolute atomic E-state index is 13.3. The van der Waals surface area contributed by atoms with E-state index in [0.717, 1.165) is 30.7 Å². The van der Waals surface area contributed by atoms with Gasteiger partial charge in [-0.2, -0.15) is 5.26 Å². The molecule has 1 heterocycles. The first kappa shape index (κ1) is 27.4. The molecule has 11 nitrogen and oxygen atoms in total. The average molecular weight is 541 g/mol. The highest BCUT2D eigenvalue weighted by Gasteiger charge is 2.43. The van der Waals surface area contributed by atoms with Gasteiger partial charge in [0.1, 0.15) is 23.0 Å². The topological polar surface area (TPSA) is 158 Å². The van der Waals surface area contributed by atoms with Crippen LogP contribution in [0.25, 0.3) is 0 Å². The quantitative estimate of drug-likeness (QED) is 0.255. The van der Waals surface area contributed by atoms with Gasteiger partial charge in [-0.15, -0.1) is 0 Å². The van der Waals surface area contributed by atoms with Crippen molar-refractivity contribution < 1.29 is 28.7 Å². The molecular weight excluding hydrogens is 516 g/mol. The molecule has 1 aliphatic heterocycles. The molecule has 202 valence electrons. The summed E-state index contributed by atoms with van der Waals surface area (Å²) in [6, 6.07) is 21.3. The Morgan fingerprint density at radius 1 is 0.975 bits per heavy atom. The number of benzene rings is 3. The van der Waals surface area contributed by atoms with Crippen molar-refractivity contribution in [1.82, 2.24) is 0 Å². The Hall–Kier alpha value is -5.63. The van der Waals surface area contributed by atoms with Crippen LogP contribution in [0.2, 0.25) is 0 Å². The number of nitrogens with zero attached hydrogens (tertiary/aromatic N) is 3. The van der Waals surface area contributed by atoms with Crippen molar-refractivity contribution in [2.75, 3.05) is 19.1 Å². The number of anilines is 1. The van der Waals surface area contributed by atoms with Crippen LogP contribution in [0.1, 0.15) is 17.0 Å². The van der Waals surface area contributed by atoms with Crippen molar-refractivity contribution in [2.24, 2.45) is 5.73 Å². The lowest BCUT2D eigenvalue weighted by molar-refractivity contribution is -0.384. The molecule has 11 heteroatoms. The maximum atomic E-state index is 13.3. The third-order valence-corrected chi connectivity index (χ3v) is 6.21. The molecule has 0 radical (unpaired) electrons. The van der Waals surface area contributed by atoms with Crippen LogP contribution in [0.5, 0.6) is 11.5 Å². The Morgan fingerprint density at radius 3 is 2.20 bits per heavy atom. The summed E-state index contributed by atoms with van der Waals surface area (Å²) in [4.78, 5) is 38.8. The van der Waals surface area contributed by atoms with Gasteiger partial charge in [0.2, 0.25) is 0 Å². The van der Waals surface area contributed by atoms with Crippen LogP contribution in [0.15, 0.2) is 95.5 Å². The molecule has 3 aromatic rings. The molecule has 2 N–H and O–H groups in total. The summed E-state index contributed by atoms with van der Waals surface area (Å²) in [7, 11) is 2.24. The van der Waals surface area contributed by atoms with E-state index in [1.807, 2.05) is 25.1 Å². The van der Waals surface area contributed by atoms with E-state index in [-0.39, 0.29) is 39.8 Å². The summed E-state index contributed by atoms with van der Waals surface area (Å²) in [5, 5.41) is 22.1. The molecular formula is C29H24N4O7. The third kappa shape index (κ3) is 5.19. The molecule has 0 aliphatic carbocycles. The van der Waals surface area contributed by atoms with E-state index in [4.69, 9.17) is 19.9 Å². The second-order valence-corrected chi connectivity index (χ2v) is 8.69. The number of hydrogen-bond acceptors (Lipinski definition) is 10. The molecule has 1 atom stereocenters. The van der Waals surface area contributed by atoms with Gasteiger partial charge in [0.05, 0.1) is 54.0 Å². The summed E-state index contributed by atoms with van der Waals surface area (Å²) in [5.41, 5.74) is 6.91. The van der Waals surface area contributed by atoms with Gasteiger partial charge in [0, 0.05) is 12.1 Å². The summed E-state index contributed by atoms with van der Waals surface area (Å²) in [6.07, 6.45) is 0. The van der Waals surface area contributed by atoms with Crippen molar-refractivity contribution in [3.05, 3.63) is 117 Å². The van der Waals surface area contributed by atoms with Crippen LogP contribution in [0, 0.1) is 28.4 Å². The first-order valence-electron chi connectivity index (χ1n) is 11.9. The van der Waals surface area contributed by atoms with E-state index in [2.05, 4.69) is 0 Å². The van der Waals surface area contributed by atoms with Crippen molar-refractivity contribution in [1.29, 1.82) is 5.26 Å². The fourth-order valence-corrected chi connectivity index (χ4v) is 4.39. The van der Waals surface area contributed by atoms with Crippen LogP contribution in [-0.4, -0.2) is 31.1 Å². The van der Waals surface area contributed by atoms with E-state index in [1.54, 1.807) is 42.5 Å². The molecule has 0 saturated carbocycles. The Labute approximate surface area is 229 Å². The molecule has 4 rings (SSSR count). The second-order valence-electron chi connectivity index (χ2n) is 8.69. The molecule has 40 heavy (non-hydrogen) atoms. The van der Waals surface area contributed by atoms with E-state index >= 15 is 0 Å². The first-order chi connectivity index (χ1) is 19.2. The standard InChI is InChI=1S/C29H24N4O7/c1-17-9-11-21(12-10-17)40-22-14-19(13-20(15-22)33(36)37)32-26(29(35)39-3)25(28(34)38-2)24(23(16-30)27(32)31)18-7-5-4-6-8-18/h4-15,24H,31H2,1-3H3. The molecule has 3 aromatic carbocycles. The number of hydrogen-bond donors (Lipinski definition) is 1. The third-order valence-electron chi connectivity index (χ3n) is 6.21. The highest BCUT2D eigenvalue weighted by atomic mass is 16.6. The van der Waals surface area contributed by atoms with Gasteiger partial charge >= 0.3 is 11.9 Å². The van der Waals surface area contributed by atoms with Crippen LogP contribution < -0.4 is 15.4 Å². The number of allylic oxidation sites excluding steroid dienone is 1. The Kier molecular flexibility index (Phi) is 7.81. The van der Waals surface area contributed by atoms with Crippen molar-refractivity contribution >= 4 is 23.3 Å². The van der Waals surface area contributed by atoms with E-state index in [9.17, 15) is 25.0 Å². The second kappa shape index (κ2) is 11.4. The zero-order valence-corrected chi connectivity index (χ0v) is 21.8. The Bertz CT molecular complexity index is 1590. The number of nitrogens with two attached hydrogens (primary N) is 1. The minimum absolute atomic E-state index is 0.0186. The number of methoxy groups -OCH3 is 2. The van der Waals surface area contributed by atoms with Crippen molar-refractivity contribution in [2.45, 2.75) is 12.8 Å². The van der Waals surface area contributed by atoms with Crippen LogP contribution in [-0.2, 0) is 19.1 Å². The minimum atomic E-state index is -1.08. The average Bonchev–Trinajstić information content (AvgIpc) is 2.97. The SMILES string of the molecule is COC(=O)C1=C(C(=O)OC)N(c2cc(Oc3ccc(C)cc3)cc([N+](=O)[O-])c2)C(N)=C(C#N)C1c1ccccc1. The maximum Gasteiger partial charge on any atom is 0.355 e. The molecule has 0 bridgehead atoms. The summed E-state index contributed by atoms with van der Waals surface area (Å²) in [5.74, 6) is -2.75. The normalized spacial score (nSPS) is 14.8. The number of ether oxygens (including phenoxy) is 3. The summed E-state index contributed by atoms with van der Waals surface area (Å²) >= 11 is 0. The zero-order valence-electron chi connectivity index (χ0n) is 21.8. The molecule has 1 unspecified atom stereocenters. The highest BCUT2D eigenvalue weighted by Crippen LogP contribution is 2.44. The van der Waals surface area contributed by atoms with Gasteiger partial charge < -0.3 is 19.9 Å². The number of nitro groups is 1. The monoisotopic (exact) mass is 540 g/mol. The fraction of sp³-hybridized carbons (Fsp3) is 0.138. The predicted molar refractivity (Wildman–Crippen MR) is 144 cm³/mol. The van der Waals surface area contributed by atoms with E-state index < -0.39 is 22.8 Å². The molecule has 1 aliphatic rings. The molecule has 0 spiro atoms. The number of nitro benzene ring substituents is 1. The predicted octanol–water partition coefficient (Wildman–Crippen LogP) is 4.59. The van der Waals surface area contributed by atoms with Crippen molar-refractivity contribution in [3.8, 4) is 17.6 Å². The van der Waals surface area contributed by atoms with Crippen LogP contribution in [0.4, 0.5) is 11.4 Å². The number of aryl methyl sites for hydroxylation is 1. The Morgan fingerprint density at radius 2 is 1.62 bits per heavy atom. The largest absolute Gasteiger partial charge is 0.466 e. The summed E-state index contributed by atoms with van der Waals surface area (Å²) < 4.78 is 15.9. The number of nitriles is 1. The summed E-state index contributed by atoms with van der Waals surface area (Å²) in [6.45, 7) is 1.90. The first-order valence-corrected chi connectivity index (χ1v) is 11.9. The highest BCUT2D eigenvalue weighted by molar-refractivity contribution is 6.06. The van der Waals surface area contributed by atoms with Gasteiger partial charge in [0.15, 0.2) is 0 Å². The number of esters is 2. The molecule has 0 fully saturated rings. The van der Waals surface area contributed by atoms with Crippen LogP contribution in [0.3, 0.4) is 0 Å².